The molecule has 1 N–H and O–H groups in total. The number of carbonyl (C=O) groups is 1. The van der Waals surface area contributed by atoms with E-state index < -0.39 is 0 Å². The Morgan fingerprint density at radius 1 is 1.21 bits per heavy atom. The maximum Gasteiger partial charge on any atom is 0.317 e. The number of hydrogen-bond donors (Lipinski definition) is 1. The van der Waals surface area contributed by atoms with Gasteiger partial charge < -0.3 is 15.1 Å². The summed E-state index contributed by atoms with van der Waals surface area (Å²) in [6, 6.07) is 13.3. The summed E-state index contributed by atoms with van der Waals surface area (Å²) in [5.74, 6) is 1.81. The zero-order chi connectivity index (χ0) is 19.9. The van der Waals surface area contributed by atoms with Gasteiger partial charge >= 0.3 is 6.03 Å². The number of anilines is 1. The fourth-order valence-electron chi connectivity index (χ4n) is 3.29. The van der Waals surface area contributed by atoms with Crippen LogP contribution >= 0.6 is 0 Å². The fourth-order valence-corrected chi connectivity index (χ4v) is 3.29. The smallest absolute Gasteiger partial charge is 0.317 e. The highest BCUT2D eigenvalue weighted by atomic mass is 16.2. The number of aromatic nitrogens is 1. The third kappa shape index (κ3) is 5.23. The third-order valence-electron chi connectivity index (χ3n) is 5.21. The number of nitrogens with one attached hydrogen (secondary N) is 1. The highest BCUT2D eigenvalue weighted by molar-refractivity contribution is 5.73. The van der Waals surface area contributed by atoms with Gasteiger partial charge in [-0.2, -0.15) is 5.26 Å². The number of hydrogen-bond acceptors (Lipinski definition) is 4. The molecule has 0 unspecified atom stereocenters. The molecule has 1 aromatic heterocycles. The van der Waals surface area contributed by atoms with Crippen LogP contribution in [0.3, 0.4) is 0 Å². The van der Waals surface area contributed by atoms with Gasteiger partial charge in [-0.15, -0.1) is 0 Å². The molecule has 1 saturated heterocycles. The summed E-state index contributed by atoms with van der Waals surface area (Å²) in [6.45, 7) is 5.35. The largest absolute Gasteiger partial charge is 0.357 e. The molecule has 6 heteroatoms. The lowest BCUT2D eigenvalue weighted by molar-refractivity contribution is 0.206. The van der Waals surface area contributed by atoms with E-state index in [4.69, 9.17) is 5.26 Å². The van der Waals surface area contributed by atoms with Gasteiger partial charge in [0.05, 0.1) is 11.6 Å². The minimum absolute atomic E-state index is 0.140. The van der Waals surface area contributed by atoms with Crippen LogP contribution in [0.4, 0.5) is 10.6 Å². The maximum atomic E-state index is 12.3. The van der Waals surface area contributed by atoms with E-state index in [-0.39, 0.29) is 6.03 Å². The van der Waals surface area contributed by atoms with Crippen molar-refractivity contribution in [2.45, 2.75) is 32.9 Å². The lowest BCUT2D eigenvalue weighted by Crippen LogP contribution is -2.36. The average Bonchev–Trinajstić information content (AvgIpc) is 2.73. The summed E-state index contributed by atoms with van der Waals surface area (Å²) in [5.41, 5.74) is 2.58. The van der Waals surface area contributed by atoms with E-state index in [1.54, 1.807) is 24.1 Å². The second kappa shape index (κ2) is 9.23. The van der Waals surface area contributed by atoms with Gasteiger partial charge in [-0.3, -0.25) is 0 Å². The van der Waals surface area contributed by atoms with Gasteiger partial charge in [-0.1, -0.05) is 25.1 Å². The van der Waals surface area contributed by atoms with Crippen LogP contribution in [-0.2, 0) is 13.1 Å². The van der Waals surface area contributed by atoms with E-state index in [1.165, 1.54) is 12.8 Å². The van der Waals surface area contributed by atoms with Crippen molar-refractivity contribution in [1.29, 1.82) is 5.26 Å². The normalized spacial score (nSPS) is 14.4. The highest BCUT2D eigenvalue weighted by Crippen LogP contribution is 2.21. The maximum absolute atomic E-state index is 12.3. The molecule has 3 rings (SSSR count). The Balaban J connectivity index is 1.47. The molecule has 0 spiro atoms. The standard InChI is InChI=1S/C22H27N5O/c1-17-9-11-27(12-10-17)21-8-7-20(14-24-21)15-25-22(28)26(2)16-19-5-3-18(13-23)4-6-19/h3-8,14,17H,9-12,15-16H2,1-2H3,(H,25,28). The van der Waals surface area contributed by atoms with Crippen LogP contribution in [0, 0.1) is 17.2 Å². The quantitative estimate of drug-likeness (QED) is 0.865. The topological polar surface area (TPSA) is 72.3 Å². The van der Waals surface area contributed by atoms with Crippen LogP contribution in [0.2, 0.25) is 0 Å². The predicted molar refractivity (Wildman–Crippen MR) is 110 cm³/mol. The molecule has 1 aliphatic heterocycles. The molecule has 1 fully saturated rings. The van der Waals surface area contributed by atoms with E-state index in [1.807, 2.05) is 30.5 Å². The molecular formula is C22H27N5O. The van der Waals surface area contributed by atoms with Crippen molar-refractivity contribution in [3.05, 3.63) is 59.3 Å². The molecule has 1 aliphatic rings. The molecule has 2 aromatic rings. The predicted octanol–water partition coefficient (Wildman–Crippen LogP) is 3.53. The number of benzene rings is 1. The zero-order valence-electron chi connectivity index (χ0n) is 16.6. The van der Waals surface area contributed by atoms with Gasteiger partial charge in [0, 0.05) is 39.4 Å². The summed E-state index contributed by atoms with van der Waals surface area (Å²) in [4.78, 5) is 20.8. The van der Waals surface area contributed by atoms with Crippen molar-refractivity contribution in [3.8, 4) is 6.07 Å². The highest BCUT2D eigenvalue weighted by Gasteiger charge is 2.16. The molecule has 0 atom stereocenters. The number of pyridine rings is 1. The number of nitriles is 1. The Morgan fingerprint density at radius 2 is 1.89 bits per heavy atom. The second-order valence-corrected chi connectivity index (χ2v) is 7.52. The monoisotopic (exact) mass is 377 g/mol. The van der Waals surface area contributed by atoms with Crippen LogP contribution in [0.1, 0.15) is 36.5 Å². The van der Waals surface area contributed by atoms with Gasteiger partial charge in [-0.25, -0.2) is 9.78 Å². The SMILES string of the molecule is CC1CCN(c2ccc(CNC(=O)N(C)Cc3ccc(C#N)cc3)cn2)CC1. The lowest BCUT2D eigenvalue weighted by atomic mass is 9.99. The van der Waals surface area contributed by atoms with E-state index in [2.05, 4.69) is 28.2 Å². The fraction of sp³-hybridized carbons (Fsp3) is 0.409. The number of urea groups is 1. The first-order valence-electron chi connectivity index (χ1n) is 9.73. The Kier molecular flexibility index (Phi) is 6.49. The van der Waals surface area contributed by atoms with Gasteiger partial charge in [0.2, 0.25) is 0 Å². The first-order chi connectivity index (χ1) is 13.5. The van der Waals surface area contributed by atoms with Crippen molar-refractivity contribution in [2.24, 2.45) is 5.92 Å². The van der Waals surface area contributed by atoms with Crippen molar-refractivity contribution in [3.63, 3.8) is 0 Å². The first kappa shape index (κ1) is 19.7. The van der Waals surface area contributed by atoms with Crippen molar-refractivity contribution < 1.29 is 4.79 Å². The first-order valence-corrected chi connectivity index (χ1v) is 9.73. The van der Waals surface area contributed by atoms with Crippen molar-refractivity contribution >= 4 is 11.8 Å². The molecule has 2 heterocycles. The van der Waals surface area contributed by atoms with Gasteiger partial charge in [0.25, 0.3) is 0 Å². The minimum Gasteiger partial charge on any atom is -0.357 e. The molecule has 2 amide bonds. The van der Waals surface area contributed by atoms with E-state index in [0.717, 1.165) is 36.0 Å². The Morgan fingerprint density at radius 3 is 2.50 bits per heavy atom. The molecule has 28 heavy (non-hydrogen) atoms. The molecule has 1 aromatic carbocycles. The Hall–Kier alpha value is -3.07. The molecule has 0 radical (unpaired) electrons. The summed E-state index contributed by atoms with van der Waals surface area (Å²) < 4.78 is 0. The number of nitrogens with zero attached hydrogens (tertiary/aromatic N) is 4. The molecule has 0 bridgehead atoms. The number of amides is 2. The summed E-state index contributed by atoms with van der Waals surface area (Å²) >= 11 is 0. The van der Waals surface area contributed by atoms with Crippen LogP contribution < -0.4 is 10.2 Å². The molecule has 146 valence electrons. The summed E-state index contributed by atoms with van der Waals surface area (Å²) in [7, 11) is 1.76. The van der Waals surface area contributed by atoms with Gasteiger partial charge in [0.1, 0.15) is 5.82 Å². The second-order valence-electron chi connectivity index (χ2n) is 7.52. The molecule has 0 aliphatic carbocycles. The zero-order valence-corrected chi connectivity index (χ0v) is 16.6. The van der Waals surface area contributed by atoms with Crippen LogP contribution in [0.25, 0.3) is 0 Å². The van der Waals surface area contributed by atoms with Crippen LogP contribution in [0.5, 0.6) is 0 Å². The number of piperidine rings is 1. The van der Waals surface area contributed by atoms with Gasteiger partial charge in [0.15, 0.2) is 0 Å². The molecular weight excluding hydrogens is 350 g/mol. The Labute approximate surface area is 166 Å². The number of carbonyl (C=O) groups excluding carboxylic acids is 1. The van der Waals surface area contributed by atoms with Crippen LogP contribution in [-0.4, -0.2) is 36.1 Å². The molecule has 0 saturated carbocycles. The minimum atomic E-state index is -0.140. The third-order valence-corrected chi connectivity index (χ3v) is 5.21. The van der Waals surface area contributed by atoms with Crippen molar-refractivity contribution in [2.75, 3.05) is 25.0 Å². The lowest BCUT2D eigenvalue weighted by Gasteiger charge is -2.31. The van der Waals surface area contributed by atoms with Gasteiger partial charge in [-0.05, 0) is 48.1 Å². The summed E-state index contributed by atoms with van der Waals surface area (Å²) in [5, 5.41) is 11.8. The summed E-state index contributed by atoms with van der Waals surface area (Å²) in [6.07, 6.45) is 4.27. The Bertz CT molecular complexity index is 818. The van der Waals surface area contributed by atoms with E-state index >= 15 is 0 Å². The average molecular weight is 377 g/mol. The molecule has 6 nitrogen and oxygen atoms in total. The number of rotatable bonds is 5. The van der Waals surface area contributed by atoms with E-state index in [9.17, 15) is 4.79 Å². The van der Waals surface area contributed by atoms with Crippen LogP contribution in [0.15, 0.2) is 42.6 Å². The van der Waals surface area contributed by atoms with Crippen molar-refractivity contribution in [1.82, 2.24) is 15.2 Å². The van der Waals surface area contributed by atoms with E-state index in [0.29, 0.717) is 18.7 Å².